The van der Waals surface area contributed by atoms with Crippen molar-refractivity contribution in [3.63, 3.8) is 0 Å². The number of hydrogen-bond acceptors (Lipinski definition) is 6. The molecule has 0 spiro atoms. The summed E-state index contributed by atoms with van der Waals surface area (Å²) in [6.07, 6.45) is 3.76. The lowest BCUT2D eigenvalue weighted by molar-refractivity contribution is -0.102. The van der Waals surface area contributed by atoms with Crippen molar-refractivity contribution >= 4 is 35.2 Å². The van der Waals surface area contributed by atoms with Gasteiger partial charge in [0.05, 0.1) is 24.8 Å². The summed E-state index contributed by atoms with van der Waals surface area (Å²) in [4.78, 5) is 24.9. The third-order valence-electron chi connectivity index (χ3n) is 5.01. The third-order valence-corrected chi connectivity index (χ3v) is 5.01. The molecule has 0 bridgehead atoms. The van der Waals surface area contributed by atoms with E-state index in [4.69, 9.17) is 9.15 Å². The predicted octanol–water partition coefficient (Wildman–Crippen LogP) is 5.73. The van der Waals surface area contributed by atoms with Gasteiger partial charge in [0.2, 0.25) is 0 Å². The quantitative estimate of drug-likeness (QED) is 0.0813. The van der Waals surface area contributed by atoms with Gasteiger partial charge >= 0.3 is 0 Å². The number of hydrazone groups is 1. The van der Waals surface area contributed by atoms with Gasteiger partial charge in [0.1, 0.15) is 5.75 Å². The highest BCUT2D eigenvalue weighted by molar-refractivity contribution is 6.63. The second-order valence-corrected chi connectivity index (χ2v) is 7.23. The van der Waals surface area contributed by atoms with Gasteiger partial charge in [0, 0.05) is 5.56 Å². The zero-order valence-corrected chi connectivity index (χ0v) is 18.5. The molecule has 0 radical (unpaired) electrons. The monoisotopic (exact) mass is 450 g/mol. The van der Waals surface area contributed by atoms with E-state index < -0.39 is 5.78 Å². The molecule has 34 heavy (non-hydrogen) atoms. The Hall–Kier alpha value is -4.71. The number of aldehydes is 1. The van der Waals surface area contributed by atoms with Crippen molar-refractivity contribution in [3.8, 4) is 5.75 Å². The van der Waals surface area contributed by atoms with Gasteiger partial charge in [-0.15, -0.1) is 0 Å². The van der Waals surface area contributed by atoms with Crippen molar-refractivity contribution in [1.82, 2.24) is 0 Å². The molecule has 168 valence electrons. The van der Waals surface area contributed by atoms with E-state index in [-0.39, 0.29) is 11.5 Å². The normalized spacial score (nSPS) is 11.7. The fourth-order valence-electron chi connectivity index (χ4n) is 3.32. The number of methoxy groups -OCH3 is 1. The summed E-state index contributed by atoms with van der Waals surface area (Å²) >= 11 is 0. The number of hydrogen-bond donors (Lipinski definition) is 0. The molecule has 4 rings (SSSR count). The SMILES string of the molecule is COc1ccc(N(/N=C(\C=O)C(=O)c2ccco2)/C(=C\c2ccccc2)c2ccccc2)cc1. The van der Waals surface area contributed by atoms with Gasteiger partial charge in [0.15, 0.2) is 17.8 Å². The van der Waals surface area contributed by atoms with Crippen LogP contribution in [0.5, 0.6) is 5.75 Å². The predicted molar refractivity (Wildman–Crippen MR) is 133 cm³/mol. The Labute approximate surface area is 197 Å². The lowest BCUT2D eigenvalue weighted by Crippen LogP contribution is -2.23. The molecule has 0 N–H and O–H groups in total. The Balaban J connectivity index is 1.91. The fraction of sp³-hybridized carbons (Fsp3) is 0.0357. The number of ketones is 1. The van der Waals surface area contributed by atoms with Crippen LogP contribution in [-0.4, -0.2) is 24.9 Å². The fourth-order valence-corrected chi connectivity index (χ4v) is 3.32. The number of furan rings is 1. The maximum Gasteiger partial charge on any atom is 0.251 e. The molecule has 6 nitrogen and oxygen atoms in total. The first kappa shape index (κ1) is 22.5. The Morgan fingerprint density at radius 2 is 1.56 bits per heavy atom. The number of nitrogens with zero attached hydrogens (tertiary/aromatic N) is 2. The van der Waals surface area contributed by atoms with Gasteiger partial charge in [-0.3, -0.25) is 9.59 Å². The van der Waals surface area contributed by atoms with Crippen LogP contribution in [0.25, 0.3) is 11.8 Å². The molecule has 3 aromatic carbocycles. The van der Waals surface area contributed by atoms with Crippen LogP contribution in [-0.2, 0) is 4.79 Å². The molecular weight excluding hydrogens is 428 g/mol. The van der Waals surface area contributed by atoms with Gasteiger partial charge in [0.25, 0.3) is 5.78 Å². The van der Waals surface area contributed by atoms with Gasteiger partial charge in [-0.1, -0.05) is 60.7 Å². The maximum absolute atomic E-state index is 12.9. The lowest BCUT2D eigenvalue weighted by atomic mass is 10.1. The van der Waals surface area contributed by atoms with Crippen molar-refractivity contribution in [2.45, 2.75) is 0 Å². The first-order valence-electron chi connectivity index (χ1n) is 10.6. The number of carbonyl (C=O) groups excluding carboxylic acids is 2. The summed E-state index contributed by atoms with van der Waals surface area (Å²) in [7, 11) is 1.59. The Morgan fingerprint density at radius 3 is 2.15 bits per heavy atom. The number of ether oxygens (including phenoxy) is 1. The summed E-state index contributed by atoms with van der Waals surface area (Å²) in [5, 5.41) is 6.09. The lowest BCUT2D eigenvalue weighted by Gasteiger charge is -2.24. The molecule has 0 aliphatic rings. The minimum Gasteiger partial charge on any atom is -0.497 e. The van der Waals surface area contributed by atoms with Crippen LogP contribution < -0.4 is 9.75 Å². The summed E-state index contributed by atoms with van der Waals surface area (Å²) in [6.45, 7) is 0. The van der Waals surface area contributed by atoms with Crippen molar-refractivity contribution < 1.29 is 18.7 Å². The molecule has 1 aromatic heterocycles. The average Bonchev–Trinajstić information content (AvgIpc) is 3.44. The Kier molecular flexibility index (Phi) is 7.10. The van der Waals surface area contributed by atoms with E-state index in [2.05, 4.69) is 5.10 Å². The molecule has 6 heteroatoms. The van der Waals surface area contributed by atoms with Crippen LogP contribution in [0.15, 0.2) is 113 Å². The molecule has 0 atom stereocenters. The maximum atomic E-state index is 12.9. The van der Waals surface area contributed by atoms with E-state index in [1.54, 1.807) is 30.3 Å². The first-order valence-corrected chi connectivity index (χ1v) is 10.6. The topological polar surface area (TPSA) is 72.1 Å². The van der Waals surface area contributed by atoms with Crippen molar-refractivity contribution in [1.29, 1.82) is 0 Å². The number of carbonyl (C=O) groups is 2. The minimum absolute atomic E-state index is 0.0360. The highest BCUT2D eigenvalue weighted by atomic mass is 16.5. The highest BCUT2D eigenvalue weighted by Crippen LogP contribution is 2.30. The van der Waals surface area contributed by atoms with Crippen molar-refractivity contribution in [2.75, 3.05) is 12.1 Å². The zero-order chi connectivity index (χ0) is 23.8. The molecule has 0 saturated heterocycles. The molecule has 0 saturated carbocycles. The van der Waals surface area contributed by atoms with Crippen LogP contribution in [0.1, 0.15) is 21.7 Å². The number of rotatable bonds is 9. The third kappa shape index (κ3) is 5.19. The summed E-state index contributed by atoms with van der Waals surface area (Å²) in [5.41, 5.74) is 2.80. The zero-order valence-electron chi connectivity index (χ0n) is 18.5. The molecule has 0 unspecified atom stereocenters. The van der Waals surface area contributed by atoms with E-state index in [9.17, 15) is 9.59 Å². The van der Waals surface area contributed by atoms with Crippen LogP contribution in [0, 0.1) is 0 Å². The number of benzene rings is 3. The molecule has 0 amide bonds. The van der Waals surface area contributed by atoms with E-state index in [1.165, 1.54) is 12.3 Å². The van der Waals surface area contributed by atoms with Crippen LogP contribution in [0.2, 0.25) is 0 Å². The van der Waals surface area contributed by atoms with E-state index in [1.807, 2.05) is 78.9 Å². The van der Waals surface area contributed by atoms with Crippen LogP contribution in [0.3, 0.4) is 0 Å². The Morgan fingerprint density at radius 1 is 0.882 bits per heavy atom. The van der Waals surface area contributed by atoms with Gasteiger partial charge in [-0.2, -0.15) is 5.10 Å². The van der Waals surface area contributed by atoms with E-state index >= 15 is 0 Å². The number of Topliss-reactive ketones (excluding diaryl/α,β-unsaturated/α-hetero) is 1. The minimum atomic E-state index is -0.606. The molecule has 0 fully saturated rings. The van der Waals surface area contributed by atoms with E-state index in [0.29, 0.717) is 23.4 Å². The standard InChI is InChI=1S/C28H22N2O4/c1-33-24-16-14-23(15-17-24)30(29-25(20-31)28(32)27-13-8-18-34-27)26(22-11-6-3-7-12-22)19-21-9-4-2-5-10-21/h2-20H,1H3/b26-19-,29-25+. The van der Waals surface area contributed by atoms with Gasteiger partial charge in [-0.05, 0) is 48.0 Å². The first-order chi connectivity index (χ1) is 16.7. The van der Waals surface area contributed by atoms with E-state index in [0.717, 1.165) is 11.1 Å². The largest absolute Gasteiger partial charge is 0.497 e. The average molecular weight is 450 g/mol. The second-order valence-electron chi connectivity index (χ2n) is 7.23. The number of anilines is 1. The second kappa shape index (κ2) is 10.7. The molecule has 4 aromatic rings. The summed E-state index contributed by atoms with van der Waals surface area (Å²) in [6, 6.07) is 29.7. The van der Waals surface area contributed by atoms with Crippen molar-refractivity contribution in [3.05, 3.63) is 120 Å². The van der Waals surface area contributed by atoms with Crippen LogP contribution in [0.4, 0.5) is 5.69 Å². The molecule has 1 heterocycles. The highest BCUT2D eigenvalue weighted by Gasteiger charge is 2.21. The molecule has 0 aliphatic heterocycles. The Bertz CT molecular complexity index is 1290. The molecular formula is C28H22N2O4. The van der Waals surface area contributed by atoms with Gasteiger partial charge < -0.3 is 9.15 Å². The van der Waals surface area contributed by atoms with Crippen molar-refractivity contribution in [2.24, 2.45) is 5.10 Å². The van der Waals surface area contributed by atoms with Gasteiger partial charge in [-0.25, -0.2) is 5.01 Å². The summed E-state index contributed by atoms with van der Waals surface area (Å²) in [5.74, 6) is 0.0997. The summed E-state index contributed by atoms with van der Waals surface area (Å²) < 4.78 is 10.5. The smallest absolute Gasteiger partial charge is 0.251 e. The van der Waals surface area contributed by atoms with Crippen LogP contribution >= 0.6 is 0 Å². The molecule has 0 aliphatic carbocycles.